The van der Waals surface area contributed by atoms with Crippen molar-refractivity contribution in [1.29, 1.82) is 0 Å². The second kappa shape index (κ2) is 7.22. The molecule has 148 valence electrons. The fourth-order valence-corrected chi connectivity index (χ4v) is 4.54. The van der Waals surface area contributed by atoms with Crippen molar-refractivity contribution in [2.24, 2.45) is 5.41 Å². The van der Waals surface area contributed by atoms with Gasteiger partial charge in [0.05, 0.1) is 11.1 Å². The van der Waals surface area contributed by atoms with Crippen molar-refractivity contribution in [2.75, 3.05) is 18.4 Å². The van der Waals surface area contributed by atoms with E-state index in [0.29, 0.717) is 5.82 Å². The Kier molecular flexibility index (Phi) is 4.54. The highest BCUT2D eigenvalue weighted by Gasteiger charge is 2.52. The molecule has 5 rings (SSSR count). The predicted molar refractivity (Wildman–Crippen MR) is 113 cm³/mol. The minimum atomic E-state index is -0.204. The standard InChI is InChI=1S/C22H22N4O2S/c27-19(26-8-3-15(4-9-26)12-18-5-10-29-25-18)2-1-16-11-17-13-22(6-7-22)21(28)24-20(17)23-14-16/h1-2,5,10-12,14H,3-4,6-9,13H2,(H,23,24,28)/b2-1+. The number of pyridine rings is 1. The summed E-state index contributed by atoms with van der Waals surface area (Å²) in [6.45, 7) is 1.46. The Balaban J connectivity index is 1.21. The Labute approximate surface area is 173 Å². The van der Waals surface area contributed by atoms with E-state index in [-0.39, 0.29) is 17.2 Å². The molecular formula is C22H22N4O2S. The molecule has 2 aliphatic heterocycles. The van der Waals surface area contributed by atoms with Crippen LogP contribution in [0, 0.1) is 5.41 Å². The number of piperidine rings is 1. The Morgan fingerprint density at radius 1 is 1.28 bits per heavy atom. The van der Waals surface area contributed by atoms with Gasteiger partial charge in [0.15, 0.2) is 0 Å². The van der Waals surface area contributed by atoms with Gasteiger partial charge in [0, 0.05) is 30.7 Å². The van der Waals surface area contributed by atoms with Crippen LogP contribution in [0.15, 0.2) is 35.4 Å². The number of nitrogens with one attached hydrogen (secondary N) is 1. The minimum absolute atomic E-state index is 0.0300. The predicted octanol–water partition coefficient (Wildman–Crippen LogP) is 3.53. The fourth-order valence-electron chi connectivity index (χ4n) is 4.04. The molecule has 1 N–H and O–H groups in total. The lowest BCUT2D eigenvalue weighted by molar-refractivity contribution is -0.126. The van der Waals surface area contributed by atoms with E-state index in [2.05, 4.69) is 20.8 Å². The van der Waals surface area contributed by atoms with Gasteiger partial charge in [0.1, 0.15) is 5.82 Å². The van der Waals surface area contributed by atoms with Crippen molar-refractivity contribution in [3.8, 4) is 0 Å². The minimum Gasteiger partial charge on any atom is -0.339 e. The number of rotatable bonds is 3. The third-order valence-corrected chi connectivity index (χ3v) is 6.60. The number of hydrogen-bond acceptors (Lipinski definition) is 5. The summed E-state index contributed by atoms with van der Waals surface area (Å²) in [6.07, 6.45) is 11.7. The number of carbonyl (C=O) groups is 2. The molecule has 1 aliphatic carbocycles. The summed E-state index contributed by atoms with van der Waals surface area (Å²) in [5.41, 5.74) is 4.11. The SMILES string of the molecule is O=C(/C=C/c1cnc2c(c1)CC1(CC1)C(=O)N2)N1CCC(=Cc2ccsn2)CC1. The van der Waals surface area contributed by atoms with Crippen molar-refractivity contribution < 1.29 is 9.59 Å². The lowest BCUT2D eigenvalue weighted by Crippen LogP contribution is -2.35. The molecule has 6 nitrogen and oxygen atoms in total. The quantitative estimate of drug-likeness (QED) is 0.792. The number of carbonyl (C=O) groups excluding carboxylic acids is 2. The summed E-state index contributed by atoms with van der Waals surface area (Å²) >= 11 is 1.46. The van der Waals surface area contributed by atoms with Gasteiger partial charge in [-0.2, -0.15) is 4.37 Å². The van der Waals surface area contributed by atoms with Crippen molar-refractivity contribution in [3.05, 3.63) is 52.2 Å². The molecule has 29 heavy (non-hydrogen) atoms. The van der Waals surface area contributed by atoms with E-state index in [9.17, 15) is 9.59 Å². The first-order valence-corrected chi connectivity index (χ1v) is 10.8. The molecule has 1 saturated heterocycles. The van der Waals surface area contributed by atoms with Crippen LogP contribution in [-0.2, 0) is 16.0 Å². The van der Waals surface area contributed by atoms with Gasteiger partial charge < -0.3 is 10.2 Å². The van der Waals surface area contributed by atoms with Gasteiger partial charge in [-0.25, -0.2) is 4.98 Å². The molecule has 2 fully saturated rings. The van der Waals surface area contributed by atoms with Crippen LogP contribution in [0.2, 0.25) is 0 Å². The molecule has 3 aliphatic rings. The second-order valence-corrected chi connectivity index (χ2v) is 8.74. The molecule has 0 bridgehead atoms. The molecular weight excluding hydrogens is 384 g/mol. The largest absolute Gasteiger partial charge is 0.339 e. The number of fused-ring (bicyclic) bond motifs is 1. The van der Waals surface area contributed by atoms with Crippen LogP contribution < -0.4 is 5.32 Å². The molecule has 1 saturated carbocycles. The first kappa shape index (κ1) is 18.2. The summed E-state index contributed by atoms with van der Waals surface area (Å²) in [4.78, 5) is 30.9. The topological polar surface area (TPSA) is 75.2 Å². The Bertz CT molecular complexity index is 1010. The molecule has 7 heteroatoms. The molecule has 0 atom stereocenters. The van der Waals surface area contributed by atoms with Gasteiger partial charge in [0.25, 0.3) is 0 Å². The van der Waals surface area contributed by atoms with E-state index < -0.39 is 0 Å². The van der Waals surface area contributed by atoms with Gasteiger partial charge in [-0.15, -0.1) is 0 Å². The van der Waals surface area contributed by atoms with Crippen LogP contribution in [0.25, 0.3) is 12.2 Å². The van der Waals surface area contributed by atoms with Crippen molar-refractivity contribution >= 4 is 41.3 Å². The van der Waals surface area contributed by atoms with E-state index in [4.69, 9.17) is 0 Å². The lowest BCUT2D eigenvalue weighted by Gasteiger charge is -2.27. The number of amides is 2. The van der Waals surface area contributed by atoms with Gasteiger partial charge in [-0.05, 0) is 79.0 Å². The van der Waals surface area contributed by atoms with Crippen LogP contribution in [-0.4, -0.2) is 39.2 Å². The Morgan fingerprint density at radius 2 is 2.10 bits per heavy atom. The van der Waals surface area contributed by atoms with Crippen LogP contribution in [0.4, 0.5) is 5.82 Å². The Hall–Kier alpha value is -2.80. The molecule has 1 spiro atoms. The van der Waals surface area contributed by atoms with E-state index >= 15 is 0 Å². The maximum atomic E-state index is 12.6. The highest BCUT2D eigenvalue weighted by molar-refractivity contribution is 7.03. The van der Waals surface area contributed by atoms with Crippen molar-refractivity contribution in [3.63, 3.8) is 0 Å². The zero-order chi connectivity index (χ0) is 19.8. The molecule has 2 amide bonds. The van der Waals surface area contributed by atoms with Gasteiger partial charge in [-0.3, -0.25) is 9.59 Å². The average Bonchev–Trinajstić information content (AvgIpc) is 3.32. The highest BCUT2D eigenvalue weighted by atomic mass is 32.1. The van der Waals surface area contributed by atoms with E-state index in [1.807, 2.05) is 28.5 Å². The maximum Gasteiger partial charge on any atom is 0.246 e. The fraction of sp³-hybridized carbons (Fsp3) is 0.364. The zero-order valence-corrected chi connectivity index (χ0v) is 16.9. The lowest BCUT2D eigenvalue weighted by atomic mass is 9.92. The van der Waals surface area contributed by atoms with Gasteiger partial charge >= 0.3 is 0 Å². The second-order valence-electron chi connectivity index (χ2n) is 8.07. The third kappa shape index (κ3) is 3.74. The first-order chi connectivity index (χ1) is 14.1. The number of aromatic nitrogens is 2. The third-order valence-electron chi connectivity index (χ3n) is 6.03. The summed E-state index contributed by atoms with van der Waals surface area (Å²) in [5, 5.41) is 4.89. The highest BCUT2D eigenvalue weighted by Crippen LogP contribution is 2.52. The van der Waals surface area contributed by atoms with E-state index in [1.165, 1.54) is 17.1 Å². The van der Waals surface area contributed by atoms with Crippen LogP contribution in [0.5, 0.6) is 0 Å². The van der Waals surface area contributed by atoms with Gasteiger partial charge in [0.2, 0.25) is 11.8 Å². The normalized spacial score (nSPS) is 19.9. The number of nitrogens with zero attached hydrogens (tertiary/aromatic N) is 3. The van der Waals surface area contributed by atoms with Crippen LogP contribution >= 0.6 is 11.5 Å². The smallest absolute Gasteiger partial charge is 0.246 e. The summed E-state index contributed by atoms with van der Waals surface area (Å²) in [6, 6.07) is 4.05. The monoisotopic (exact) mass is 406 g/mol. The summed E-state index contributed by atoms with van der Waals surface area (Å²) in [7, 11) is 0. The van der Waals surface area contributed by atoms with Crippen LogP contribution in [0.3, 0.4) is 0 Å². The maximum absolute atomic E-state index is 12.6. The summed E-state index contributed by atoms with van der Waals surface area (Å²) < 4.78 is 4.32. The molecule has 4 heterocycles. The average molecular weight is 407 g/mol. The summed E-state index contributed by atoms with van der Waals surface area (Å²) in [5.74, 6) is 0.790. The molecule has 0 unspecified atom stereocenters. The molecule has 2 aromatic heterocycles. The van der Waals surface area contributed by atoms with Crippen molar-refractivity contribution in [2.45, 2.75) is 32.1 Å². The molecule has 2 aromatic rings. The molecule has 0 radical (unpaired) electrons. The molecule has 0 aromatic carbocycles. The Morgan fingerprint density at radius 3 is 2.83 bits per heavy atom. The first-order valence-electron chi connectivity index (χ1n) is 9.99. The van der Waals surface area contributed by atoms with E-state index in [1.54, 1.807) is 12.3 Å². The number of anilines is 1. The van der Waals surface area contributed by atoms with Crippen molar-refractivity contribution in [1.82, 2.24) is 14.3 Å². The number of likely N-dealkylation sites (tertiary alicyclic amines) is 1. The van der Waals surface area contributed by atoms with Crippen LogP contribution in [0.1, 0.15) is 42.5 Å². The zero-order valence-electron chi connectivity index (χ0n) is 16.1. The van der Waals surface area contributed by atoms with E-state index in [0.717, 1.165) is 62.0 Å². The number of hydrogen-bond donors (Lipinski definition) is 1. The van der Waals surface area contributed by atoms with Gasteiger partial charge in [-0.1, -0.05) is 5.57 Å².